The molecule has 0 bridgehead atoms. The number of likely N-dealkylation sites (N-methyl/N-ethyl adjacent to an activating group) is 1. The van der Waals surface area contributed by atoms with E-state index in [0.29, 0.717) is 6.04 Å². The van der Waals surface area contributed by atoms with E-state index in [2.05, 4.69) is 13.8 Å². The van der Waals surface area contributed by atoms with E-state index in [1.165, 1.54) is 38.5 Å². The molecule has 0 aliphatic carbocycles. The van der Waals surface area contributed by atoms with Gasteiger partial charge in [-0.3, -0.25) is 4.90 Å². The number of carboxylic acid groups (broad SMARTS) is 1. The second-order valence-corrected chi connectivity index (χ2v) is 5.29. The van der Waals surface area contributed by atoms with Crippen LogP contribution in [0.3, 0.4) is 0 Å². The van der Waals surface area contributed by atoms with Crippen LogP contribution in [-0.2, 0) is 4.79 Å². The predicted octanol–water partition coefficient (Wildman–Crippen LogP) is -0.409. The Morgan fingerprint density at radius 1 is 1.00 bits per heavy atom. The summed E-state index contributed by atoms with van der Waals surface area (Å²) in [6.45, 7) is 4.44. The number of rotatable bonds is 12. The number of unbranched alkanes of at least 4 members (excludes halogenated alkanes) is 5. The third-order valence-corrected chi connectivity index (χ3v) is 3.51. The van der Waals surface area contributed by atoms with Crippen LogP contribution in [0.2, 0.25) is 0 Å². The van der Waals surface area contributed by atoms with Crippen molar-refractivity contribution in [1.82, 2.24) is 4.90 Å². The summed E-state index contributed by atoms with van der Waals surface area (Å²) in [5.74, 6) is -0.971. The zero-order chi connectivity index (χ0) is 13.8. The van der Waals surface area contributed by atoms with Crippen molar-refractivity contribution >= 4 is 5.97 Å². The second kappa shape index (κ2) is 14.8. The molecule has 0 heterocycles. The maximum atomic E-state index is 10.6. The fraction of sp³-hybridized carbons (Fsp3) is 0.933. The molecule has 0 amide bonds. The van der Waals surface area contributed by atoms with Gasteiger partial charge in [0.05, 0.1) is 5.97 Å². The van der Waals surface area contributed by atoms with Crippen molar-refractivity contribution in [3.05, 3.63) is 0 Å². The third kappa shape index (κ3) is 13.2. The van der Waals surface area contributed by atoms with Gasteiger partial charge in [-0.15, -0.1) is 0 Å². The quantitative estimate of drug-likeness (QED) is 0.360. The maximum absolute atomic E-state index is 10.6. The molecule has 3 nitrogen and oxygen atoms in total. The minimum absolute atomic E-state index is 0. The Bertz CT molecular complexity index is 212. The minimum Gasteiger partial charge on any atom is -0.549 e. The summed E-state index contributed by atoms with van der Waals surface area (Å²) in [4.78, 5) is 12.5. The molecule has 0 saturated carbocycles. The van der Waals surface area contributed by atoms with Crippen molar-refractivity contribution < 1.29 is 39.5 Å². The Balaban J connectivity index is 0. The van der Waals surface area contributed by atoms with Gasteiger partial charge in [-0.1, -0.05) is 58.8 Å². The SMILES string of the molecule is CCCCCCCCC(CCC)N(C)CC(=O)[O-].[Na+]. The second-order valence-electron chi connectivity index (χ2n) is 5.29. The van der Waals surface area contributed by atoms with Crippen molar-refractivity contribution in [2.24, 2.45) is 0 Å². The molecule has 1 unspecified atom stereocenters. The average Bonchev–Trinajstić information content (AvgIpc) is 2.31. The van der Waals surface area contributed by atoms with Crippen LogP contribution in [0.15, 0.2) is 0 Å². The van der Waals surface area contributed by atoms with Crippen molar-refractivity contribution in [3.8, 4) is 0 Å². The Morgan fingerprint density at radius 2 is 1.58 bits per heavy atom. The van der Waals surface area contributed by atoms with Crippen molar-refractivity contribution in [2.75, 3.05) is 13.6 Å². The van der Waals surface area contributed by atoms with E-state index in [9.17, 15) is 9.90 Å². The van der Waals surface area contributed by atoms with Gasteiger partial charge in [0, 0.05) is 12.6 Å². The van der Waals surface area contributed by atoms with E-state index in [0.717, 1.165) is 19.3 Å². The van der Waals surface area contributed by atoms with Crippen molar-refractivity contribution in [3.63, 3.8) is 0 Å². The summed E-state index contributed by atoms with van der Waals surface area (Å²) in [7, 11) is 1.90. The molecule has 0 aliphatic rings. The predicted molar refractivity (Wildman–Crippen MR) is 74.3 cm³/mol. The van der Waals surface area contributed by atoms with Gasteiger partial charge in [-0.25, -0.2) is 0 Å². The molecule has 0 aliphatic heterocycles. The molecule has 19 heavy (non-hydrogen) atoms. The van der Waals surface area contributed by atoms with Gasteiger partial charge in [0.2, 0.25) is 0 Å². The summed E-state index contributed by atoms with van der Waals surface area (Å²) in [5, 5.41) is 10.6. The number of hydrogen-bond acceptors (Lipinski definition) is 3. The average molecular weight is 279 g/mol. The minimum atomic E-state index is -0.971. The van der Waals surface area contributed by atoms with Crippen molar-refractivity contribution in [2.45, 2.75) is 77.7 Å². The molecule has 0 saturated heterocycles. The van der Waals surface area contributed by atoms with E-state index in [-0.39, 0.29) is 36.1 Å². The first kappa shape index (κ1) is 21.7. The monoisotopic (exact) mass is 279 g/mol. The van der Waals surface area contributed by atoms with Gasteiger partial charge < -0.3 is 9.90 Å². The summed E-state index contributed by atoms with van der Waals surface area (Å²) in [6, 6.07) is 0.402. The number of carboxylic acids is 1. The van der Waals surface area contributed by atoms with E-state index >= 15 is 0 Å². The zero-order valence-corrected chi connectivity index (χ0v) is 15.4. The fourth-order valence-electron chi connectivity index (χ4n) is 2.41. The number of carbonyl (C=O) groups is 1. The fourth-order valence-corrected chi connectivity index (χ4v) is 2.41. The molecule has 0 rings (SSSR count). The first-order chi connectivity index (χ1) is 8.61. The summed E-state index contributed by atoms with van der Waals surface area (Å²) in [5.41, 5.74) is 0. The van der Waals surface area contributed by atoms with Crippen LogP contribution < -0.4 is 34.7 Å². The van der Waals surface area contributed by atoms with Gasteiger partial charge in [-0.2, -0.15) is 0 Å². The van der Waals surface area contributed by atoms with Gasteiger partial charge in [0.15, 0.2) is 0 Å². The number of hydrogen-bond donors (Lipinski definition) is 0. The molecule has 0 aromatic heterocycles. The third-order valence-electron chi connectivity index (χ3n) is 3.51. The molecule has 0 spiro atoms. The van der Waals surface area contributed by atoms with Gasteiger partial charge >= 0.3 is 29.6 Å². The molecule has 0 N–H and O–H groups in total. The first-order valence-corrected chi connectivity index (χ1v) is 7.51. The Morgan fingerprint density at radius 3 is 2.11 bits per heavy atom. The summed E-state index contributed by atoms with van der Waals surface area (Å²) < 4.78 is 0. The number of aliphatic carboxylic acids is 1. The largest absolute Gasteiger partial charge is 1.00 e. The van der Waals surface area contributed by atoms with Crippen molar-refractivity contribution in [1.29, 1.82) is 0 Å². The van der Waals surface area contributed by atoms with Crippen LogP contribution in [0.25, 0.3) is 0 Å². The molecule has 4 heteroatoms. The molecule has 0 aromatic carbocycles. The maximum Gasteiger partial charge on any atom is 1.00 e. The summed E-state index contributed by atoms with van der Waals surface area (Å²) >= 11 is 0. The van der Waals surface area contributed by atoms with Gasteiger partial charge in [0.25, 0.3) is 0 Å². The molecule has 0 radical (unpaired) electrons. The van der Waals surface area contributed by atoms with E-state index in [1.54, 1.807) is 0 Å². The molecule has 1 atom stereocenters. The number of nitrogens with zero attached hydrogens (tertiary/aromatic N) is 1. The van der Waals surface area contributed by atoms with Crippen LogP contribution in [0.4, 0.5) is 0 Å². The normalized spacial score (nSPS) is 12.2. The Labute approximate surface area is 141 Å². The van der Waals surface area contributed by atoms with Crippen LogP contribution in [0, 0.1) is 0 Å². The smallest absolute Gasteiger partial charge is 0.549 e. The van der Waals surface area contributed by atoms with E-state index < -0.39 is 5.97 Å². The van der Waals surface area contributed by atoms with Gasteiger partial charge in [-0.05, 0) is 19.9 Å². The molecular formula is C15H30NNaO2. The van der Waals surface area contributed by atoms with Crippen LogP contribution in [-0.4, -0.2) is 30.5 Å². The first-order valence-electron chi connectivity index (χ1n) is 7.51. The Hall–Kier alpha value is 0.430. The molecular weight excluding hydrogens is 249 g/mol. The van der Waals surface area contributed by atoms with Crippen LogP contribution in [0.1, 0.15) is 71.6 Å². The topological polar surface area (TPSA) is 43.4 Å². The standard InChI is InChI=1S/C15H31NO2.Na/c1-4-6-7-8-9-10-12-14(11-5-2)16(3)13-15(17)18;/h14H,4-13H2,1-3H3,(H,17,18);/q;+1/p-1. The van der Waals surface area contributed by atoms with Crippen LogP contribution in [0.5, 0.6) is 0 Å². The number of carbonyl (C=O) groups excluding carboxylic acids is 1. The molecule has 108 valence electrons. The van der Waals surface area contributed by atoms with Gasteiger partial charge in [0.1, 0.15) is 0 Å². The van der Waals surface area contributed by atoms with Crippen LogP contribution >= 0.6 is 0 Å². The molecule has 0 aromatic rings. The zero-order valence-electron chi connectivity index (χ0n) is 13.4. The Kier molecular flexibility index (Phi) is 17.0. The van der Waals surface area contributed by atoms with E-state index in [1.807, 2.05) is 11.9 Å². The molecule has 0 fully saturated rings. The summed E-state index contributed by atoms with van der Waals surface area (Å²) in [6.07, 6.45) is 11.1. The van der Waals surface area contributed by atoms with E-state index in [4.69, 9.17) is 0 Å².